The van der Waals surface area contributed by atoms with E-state index in [0.717, 1.165) is 0 Å². The Bertz CT molecular complexity index is 1570. The molecule has 0 aromatic heterocycles. The van der Waals surface area contributed by atoms with Gasteiger partial charge >= 0.3 is 0 Å². The Balaban J connectivity index is 0.000000803. The zero-order valence-corrected chi connectivity index (χ0v) is 17.4. The first kappa shape index (κ1) is 16.8. The molecule has 0 radical (unpaired) electrons. The zero-order valence-electron chi connectivity index (χ0n) is 17.4. The van der Waals surface area contributed by atoms with E-state index in [0.29, 0.717) is 5.92 Å². The van der Waals surface area contributed by atoms with Crippen LogP contribution in [0.2, 0.25) is 0 Å². The lowest BCUT2D eigenvalue weighted by Crippen LogP contribution is -1.96. The van der Waals surface area contributed by atoms with Crippen molar-refractivity contribution >= 4 is 64.6 Å². The summed E-state index contributed by atoms with van der Waals surface area (Å²) in [4.78, 5) is 0. The lowest BCUT2D eigenvalue weighted by Gasteiger charge is -2.22. The fraction of sp³-hybridized carbons (Fsp3) is 0.172. The maximum absolute atomic E-state index is 2.43. The second-order valence-corrected chi connectivity index (χ2v) is 8.36. The van der Waals surface area contributed by atoms with Gasteiger partial charge in [0.1, 0.15) is 0 Å². The van der Waals surface area contributed by atoms with Gasteiger partial charge in [-0.05, 0) is 76.1 Å². The van der Waals surface area contributed by atoms with Gasteiger partial charge in [0.05, 0.1) is 0 Å². The van der Waals surface area contributed by atoms with Crippen LogP contribution in [0.5, 0.6) is 0 Å². The second-order valence-electron chi connectivity index (χ2n) is 8.36. The minimum Gasteiger partial charge on any atom is -0.0683 e. The highest BCUT2D eigenvalue weighted by molar-refractivity contribution is 6.44. The molecule has 0 N–H and O–H groups in total. The van der Waals surface area contributed by atoms with Crippen molar-refractivity contribution in [1.82, 2.24) is 0 Å². The van der Waals surface area contributed by atoms with Crippen LogP contribution < -0.4 is 0 Å². The molecule has 0 spiro atoms. The fourth-order valence-electron chi connectivity index (χ4n) is 5.49. The Morgan fingerprint density at radius 1 is 0.448 bits per heavy atom. The molecule has 0 saturated heterocycles. The van der Waals surface area contributed by atoms with E-state index in [2.05, 4.69) is 80.6 Å². The molecule has 0 aliphatic carbocycles. The van der Waals surface area contributed by atoms with Crippen molar-refractivity contribution in [3.05, 3.63) is 72.3 Å². The van der Waals surface area contributed by atoms with Crippen molar-refractivity contribution in [1.29, 1.82) is 0 Å². The summed E-state index contributed by atoms with van der Waals surface area (Å²) >= 11 is 0. The quantitative estimate of drug-likeness (QED) is 0.199. The average molecular weight is 373 g/mol. The summed E-state index contributed by atoms with van der Waals surface area (Å²) in [5.74, 6) is 0.509. The summed E-state index contributed by atoms with van der Waals surface area (Å²) in [6.07, 6.45) is 0. The Kier molecular flexibility index (Phi) is 3.30. The maximum atomic E-state index is 2.43. The summed E-state index contributed by atoms with van der Waals surface area (Å²) in [6.45, 7) is 8.62. The minimum absolute atomic E-state index is 0.509. The van der Waals surface area contributed by atoms with Crippen LogP contribution in [0.15, 0.2) is 66.7 Å². The molecule has 0 nitrogen and oxygen atoms in total. The van der Waals surface area contributed by atoms with Gasteiger partial charge in [0.25, 0.3) is 0 Å². The Morgan fingerprint density at radius 2 is 0.793 bits per heavy atom. The minimum atomic E-state index is 0.509. The SMILES string of the molecule is CC.CC(C)c1cc2ccc3ccc4ccc5ccc6ccc1c1c6c5c4c3c21. The Labute approximate surface area is 170 Å². The molecule has 0 heterocycles. The van der Waals surface area contributed by atoms with Crippen LogP contribution in [0.1, 0.15) is 39.2 Å². The van der Waals surface area contributed by atoms with Crippen LogP contribution in [-0.2, 0) is 0 Å². The van der Waals surface area contributed by atoms with Crippen LogP contribution in [0, 0.1) is 0 Å². The predicted octanol–water partition coefficient (Wildman–Crippen LogP) is 9.07. The van der Waals surface area contributed by atoms with Gasteiger partial charge in [-0.2, -0.15) is 0 Å². The second kappa shape index (κ2) is 5.70. The zero-order chi connectivity index (χ0) is 19.9. The van der Waals surface area contributed by atoms with Crippen molar-refractivity contribution in [3.8, 4) is 0 Å². The number of hydrogen-bond acceptors (Lipinski definition) is 0. The highest BCUT2D eigenvalue weighted by atomic mass is 14.2. The molecular formula is C29H24. The highest BCUT2D eigenvalue weighted by Crippen LogP contribution is 2.49. The van der Waals surface area contributed by atoms with Crippen molar-refractivity contribution < 1.29 is 0 Å². The maximum Gasteiger partial charge on any atom is -0.00110 e. The lowest BCUT2D eigenvalue weighted by molar-refractivity contribution is 0.878. The van der Waals surface area contributed by atoms with Gasteiger partial charge in [0, 0.05) is 0 Å². The third-order valence-corrected chi connectivity index (χ3v) is 6.66. The molecule has 0 saturated carbocycles. The van der Waals surface area contributed by atoms with Crippen molar-refractivity contribution in [3.63, 3.8) is 0 Å². The average Bonchev–Trinajstić information content (AvgIpc) is 2.78. The van der Waals surface area contributed by atoms with Crippen molar-refractivity contribution in [2.24, 2.45) is 0 Å². The number of rotatable bonds is 1. The monoisotopic (exact) mass is 372 g/mol. The third kappa shape index (κ3) is 1.94. The molecule has 0 fully saturated rings. The van der Waals surface area contributed by atoms with E-state index < -0.39 is 0 Å². The molecule has 0 amide bonds. The van der Waals surface area contributed by atoms with E-state index in [-0.39, 0.29) is 0 Å². The summed E-state index contributed by atoms with van der Waals surface area (Å²) in [5.41, 5.74) is 1.46. The van der Waals surface area contributed by atoms with E-state index in [9.17, 15) is 0 Å². The normalized spacial score (nSPS) is 12.4. The van der Waals surface area contributed by atoms with Crippen LogP contribution in [0.25, 0.3) is 64.6 Å². The first-order valence-corrected chi connectivity index (χ1v) is 10.8. The number of hydrogen-bond donors (Lipinski definition) is 0. The molecule has 0 bridgehead atoms. The van der Waals surface area contributed by atoms with E-state index >= 15 is 0 Å². The molecule has 0 unspecified atom stereocenters. The largest absolute Gasteiger partial charge is 0.0683 e. The van der Waals surface area contributed by atoms with E-state index in [1.807, 2.05) is 13.8 Å². The van der Waals surface area contributed by atoms with Crippen molar-refractivity contribution in [2.45, 2.75) is 33.6 Å². The summed E-state index contributed by atoms with van der Waals surface area (Å²) in [6, 6.07) is 25.5. The predicted molar refractivity (Wildman–Crippen MR) is 130 cm³/mol. The van der Waals surface area contributed by atoms with Crippen LogP contribution >= 0.6 is 0 Å². The smallest absolute Gasteiger partial charge is 0.00110 e. The van der Waals surface area contributed by atoms with Crippen LogP contribution in [-0.4, -0.2) is 0 Å². The third-order valence-electron chi connectivity index (χ3n) is 6.66. The van der Waals surface area contributed by atoms with E-state index in [1.165, 1.54) is 70.2 Å². The standard InChI is InChI=1S/C27H18.C2H6/c1-14(2)21-13-19-10-9-17-6-4-15-3-5-16-7-8-18-11-12-20(21)27-25(18)23(16)22(15)24(17)26(19)27;1-2/h3-14H,1-2H3;1-2H3. The first-order valence-electron chi connectivity index (χ1n) is 10.8. The molecule has 7 aromatic carbocycles. The summed E-state index contributed by atoms with van der Waals surface area (Å²) < 4.78 is 0. The van der Waals surface area contributed by atoms with Crippen LogP contribution in [0.4, 0.5) is 0 Å². The molecule has 0 heteroatoms. The highest BCUT2D eigenvalue weighted by Gasteiger charge is 2.21. The Morgan fingerprint density at radius 3 is 1.24 bits per heavy atom. The molecule has 140 valence electrons. The van der Waals surface area contributed by atoms with Gasteiger partial charge in [-0.15, -0.1) is 0 Å². The fourth-order valence-corrected chi connectivity index (χ4v) is 5.49. The van der Waals surface area contributed by atoms with E-state index in [4.69, 9.17) is 0 Å². The van der Waals surface area contributed by atoms with Gasteiger partial charge in [-0.3, -0.25) is 0 Å². The molecule has 29 heavy (non-hydrogen) atoms. The topological polar surface area (TPSA) is 0 Å². The molecular weight excluding hydrogens is 348 g/mol. The van der Waals surface area contributed by atoms with Gasteiger partial charge in [0.15, 0.2) is 0 Å². The van der Waals surface area contributed by atoms with Gasteiger partial charge in [0.2, 0.25) is 0 Å². The molecule has 0 aliphatic rings. The van der Waals surface area contributed by atoms with Gasteiger partial charge in [-0.1, -0.05) is 94.4 Å². The van der Waals surface area contributed by atoms with Crippen molar-refractivity contribution in [2.75, 3.05) is 0 Å². The molecule has 7 aromatic rings. The molecule has 0 aliphatic heterocycles. The van der Waals surface area contributed by atoms with Crippen LogP contribution in [0.3, 0.4) is 0 Å². The van der Waals surface area contributed by atoms with Gasteiger partial charge < -0.3 is 0 Å². The van der Waals surface area contributed by atoms with E-state index in [1.54, 1.807) is 0 Å². The molecule has 0 atom stereocenters. The van der Waals surface area contributed by atoms with Gasteiger partial charge in [-0.25, -0.2) is 0 Å². The first-order chi connectivity index (χ1) is 14.2. The summed E-state index contributed by atoms with van der Waals surface area (Å²) in [5, 5.41) is 16.9. The number of benzene rings is 7. The summed E-state index contributed by atoms with van der Waals surface area (Å²) in [7, 11) is 0. The Hall–Kier alpha value is -3.12. The molecule has 7 rings (SSSR count). The lowest BCUT2D eigenvalue weighted by atomic mass is 9.80.